The highest BCUT2D eigenvalue weighted by molar-refractivity contribution is 7.89. The molecule has 1 aromatic carbocycles. The highest BCUT2D eigenvalue weighted by atomic mass is 32.2. The molecule has 1 aliphatic heterocycles. The molecule has 1 unspecified atom stereocenters. The minimum atomic E-state index is -3.56. The predicted molar refractivity (Wildman–Crippen MR) is 76.5 cm³/mol. The van der Waals surface area contributed by atoms with Crippen molar-refractivity contribution in [2.45, 2.75) is 23.8 Å². The molecule has 1 saturated heterocycles. The SMILES string of the molecule is CC1(NS(=O)(=O)c2ccc(C(N)=S)cc2)CCOC1. The van der Waals surface area contributed by atoms with Crippen LogP contribution >= 0.6 is 12.2 Å². The molecule has 1 aromatic rings. The van der Waals surface area contributed by atoms with Gasteiger partial charge in [-0.15, -0.1) is 0 Å². The van der Waals surface area contributed by atoms with Crippen LogP contribution in [0.2, 0.25) is 0 Å². The number of hydrogen-bond donors (Lipinski definition) is 2. The summed E-state index contributed by atoms with van der Waals surface area (Å²) in [5.74, 6) is 0. The fourth-order valence-electron chi connectivity index (χ4n) is 1.93. The van der Waals surface area contributed by atoms with Crippen molar-refractivity contribution >= 4 is 27.2 Å². The van der Waals surface area contributed by atoms with E-state index in [0.717, 1.165) is 0 Å². The zero-order chi connectivity index (χ0) is 14.1. The molecule has 0 aliphatic carbocycles. The quantitative estimate of drug-likeness (QED) is 0.803. The van der Waals surface area contributed by atoms with Crippen molar-refractivity contribution in [1.29, 1.82) is 0 Å². The molecule has 104 valence electrons. The molecule has 0 spiro atoms. The van der Waals surface area contributed by atoms with Gasteiger partial charge in [0.25, 0.3) is 0 Å². The van der Waals surface area contributed by atoms with E-state index in [1.165, 1.54) is 12.1 Å². The number of ether oxygens (including phenoxy) is 1. The predicted octanol–water partition coefficient (Wildman–Crippen LogP) is 0.778. The zero-order valence-corrected chi connectivity index (χ0v) is 12.2. The highest BCUT2D eigenvalue weighted by Gasteiger charge is 2.34. The number of rotatable bonds is 4. The summed E-state index contributed by atoms with van der Waals surface area (Å²) in [4.78, 5) is 0.439. The van der Waals surface area contributed by atoms with Crippen molar-refractivity contribution in [1.82, 2.24) is 4.72 Å². The van der Waals surface area contributed by atoms with E-state index in [9.17, 15) is 8.42 Å². The van der Waals surface area contributed by atoms with Crippen LogP contribution in [0.25, 0.3) is 0 Å². The van der Waals surface area contributed by atoms with Gasteiger partial charge in [0.2, 0.25) is 10.0 Å². The van der Waals surface area contributed by atoms with E-state index in [-0.39, 0.29) is 9.88 Å². The molecule has 7 heteroatoms. The zero-order valence-electron chi connectivity index (χ0n) is 10.5. The minimum Gasteiger partial charge on any atom is -0.389 e. The summed E-state index contributed by atoms with van der Waals surface area (Å²) in [6, 6.07) is 6.20. The molecular formula is C12H16N2O3S2. The van der Waals surface area contributed by atoms with Crippen molar-refractivity contribution in [2.75, 3.05) is 13.2 Å². The molecule has 2 rings (SSSR count). The van der Waals surface area contributed by atoms with E-state index in [1.54, 1.807) is 12.1 Å². The molecule has 1 aliphatic rings. The third-order valence-electron chi connectivity index (χ3n) is 3.05. The molecule has 5 nitrogen and oxygen atoms in total. The molecule has 3 N–H and O–H groups in total. The van der Waals surface area contributed by atoms with Gasteiger partial charge in [-0.25, -0.2) is 13.1 Å². The molecule has 0 amide bonds. The first-order valence-electron chi connectivity index (χ1n) is 5.84. The minimum absolute atomic E-state index is 0.195. The largest absolute Gasteiger partial charge is 0.389 e. The van der Waals surface area contributed by atoms with Gasteiger partial charge < -0.3 is 10.5 Å². The Labute approximate surface area is 118 Å². The van der Waals surface area contributed by atoms with E-state index < -0.39 is 15.6 Å². The van der Waals surface area contributed by atoms with Crippen molar-refractivity contribution in [3.63, 3.8) is 0 Å². The normalized spacial score (nSPS) is 23.4. The van der Waals surface area contributed by atoms with Crippen LogP contribution in [0.4, 0.5) is 0 Å². The summed E-state index contributed by atoms with van der Waals surface area (Å²) in [5, 5.41) is 0. The van der Waals surface area contributed by atoms with Crippen molar-refractivity contribution in [2.24, 2.45) is 5.73 Å². The van der Waals surface area contributed by atoms with Gasteiger partial charge in [-0.2, -0.15) is 0 Å². The molecule has 1 fully saturated rings. The van der Waals surface area contributed by atoms with Gasteiger partial charge in [0.1, 0.15) is 4.99 Å². The smallest absolute Gasteiger partial charge is 0.241 e. The van der Waals surface area contributed by atoms with Crippen LogP contribution in [0.5, 0.6) is 0 Å². The number of benzene rings is 1. The van der Waals surface area contributed by atoms with Crippen LogP contribution < -0.4 is 10.5 Å². The van der Waals surface area contributed by atoms with E-state index in [2.05, 4.69) is 4.72 Å². The van der Waals surface area contributed by atoms with Gasteiger partial charge in [-0.05, 0) is 25.5 Å². The third-order valence-corrected chi connectivity index (χ3v) is 4.94. The Kier molecular flexibility index (Phi) is 3.91. The third kappa shape index (κ3) is 3.30. The monoisotopic (exact) mass is 300 g/mol. The van der Waals surface area contributed by atoms with Crippen molar-refractivity contribution in [3.8, 4) is 0 Å². The van der Waals surface area contributed by atoms with E-state index in [0.29, 0.717) is 25.2 Å². The van der Waals surface area contributed by atoms with Gasteiger partial charge in [0.05, 0.1) is 17.0 Å². The fourth-order valence-corrected chi connectivity index (χ4v) is 3.49. The second kappa shape index (κ2) is 5.16. The van der Waals surface area contributed by atoms with Gasteiger partial charge in [0, 0.05) is 12.2 Å². The van der Waals surface area contributed by atoms with Gasteiger partial charge in [-0.3, -0.25) is 0 Å². The molecule has 1 heterocycles. The number of thiocarbonyl (C=S) groups is 1. The maximum Gasteiger partial charge on any atom is 0.241 e. The number of nitrogens with two attached hydrogens (primary N) is 1. The summed E-state index contributed by atoms with van der Waals surface area (Å²) in [6.07, 6.45) is 0.664. The lowest BCUT2D eigenvalue weighted by atomic mass is 10.0. The Bertz CT molecular complexity index is 575. The Morgan fingerprint density at radius 1 is 1.42 bits per heavy atom. The summed E-state index contributed by atoms with van der Waals surface area (Å²) in [6.45, 7) is 2.79. The van der Waals surface area contributed by atoms with Gasteiger partial charge in [-0.1, -0.05) is 24.4 Å². The van der Waals surface area contributed by atoms with E-state index >= 15 is 0 Å². The summed E-state index contributed by atoms with van der Waals surface area (Å²) in [7, 11) is -3.56. The average molecular weight is 300 g/mol. The topological polar surface area (TPSA) is 81.4 Å². The van der Waals surface area contributed by atoms with Crippen LogP contribution in [0.15, 0.2) is 29.2 Å². The Hall–Kier alpha value is -1.02. The van der Waals surface area contributed by atoms with Gasteiger partial charge >= 0.3 is 0 Å². The molecule has 0 aromatic heterocycles. The molecular weight excluding hydrogens is 284 g/mol. The number of sulfonamides is 1. The van der Waals surface area contributed by atoms with E-state index in [4.69, 9.17) is 22.7 Å². The summed E-state index contributed by atoms with van der Waals surface area (Å²) >= 11 is 4.83. The maximum absolute atomic E-state index is 12.2. The first-order chi connectivity index (χ1) is 8.82. The first kappa shape index (κ1) is 14.4. The average Bonchev–Trinajstić information content (AvgIpc) is 2.75. The molecule has 0 bridgehead atoms. The highest BCUT2D eigenvalue weighted by Crippen LogP contribution is 2.21. The van der Waals surface area contributed by atoms with Crippen LogP contribution in [0.1, 0.15) is 18.9 Å². The fraction of sp³-hybridized carbons (Fsp3) is 0.417. The van der Waals surface area contributed by atoms with Crippen molar-refractivity contribution in [3.05, 3.63) is 29.8 Å². The number of hydrogen-bond acceptors (Lipinski definition) is 4. The standard InChI is InChI=1S/C12H16N2O3S2/c1-12(6-7-17-8-12)14-19(15,16)10-4-2-9(3-5-10)11(13)18/h2-5,14H,6-8H2,1H3,(H2,13,18). The molecule has 1 atom stereocenters. The second-order valence-corrected chi connectivity index (χ2v) is 6.98. The lowest BCUT2D eigenvalue weighted by molar-refractivity contribution is 0.178. The first-order valence-corrected chi connectivity index (χ1v) is 7.73. The lowest BCUT2D eigenvalue weighted by Crippen LogP contribution is -2.46. The van der Waals surface area contributed by atoms with E-state index in [1.807, 2.05) is 6.92 Å². The molecule has 0 saturated carbocycles. The molecule has 0 radical (unpaired) electrons. The van der Waals surface area contributed by atoms with Crippen LogP contribution in [-0.4, -0.2) is 32.2 Å². The van der Waals surface area contributed by atoms with Crippen molar-refractivity contribution < 1.29 is 13.2 Å². The maximum atomic E-state index is 12.2. The van der Waals surface area contributed by atoms with Crippen LogP contribution in [0, 0.1) is 0 Å². The molecule has 19 heavy (non-hydrogen) atoms. The summed E-state index contributed by atoms with van der Waals surface area (Å²) in [5.41, 5.74) is 5.58. The summed E-state index contributed by atoms with van der Waals surface area (Å²) < 4.78 is 32.4. The van der Waals surface area contributed by atoms with Crippen LogP contribution in [0.3, 0.4) is 0 Å². The second-order valence-electron chi connectivity index (χ2n) is 4.86. The lowest BCUT2D eigenvalue weighted by Gasteiger charge is -2.23. The van der Waals surface area contributed by atoms with Gasteiger partial charge in [0.15, 0.2) is 0 Å². The number of nitrogens with one attached hydrogen (secondary N) is 1. The Morgan fingerprint density at radius 3 is 2.53 bits per heavy atom. The Morgan fingerprint density at radius 2 is 2.05 bits per heavy atom. The van der Waals surface area contributed by atoms with Crippen LogP contribution in [-0.2, 0) is 14.8 Å². The Balaban J connectivity index is 2.22.